The lowest BCUT2D eigenvalue weighted by Crippen LogP contribution is -2.47. The number of pyridine rings is 1. The van der Waals surface area contributed by atoms with Crippen LogP contribution in [0.5, 0.6) is 5.75 Å². The van der Waals surface area contributed by atoms with Crippen molar-refractivity contribution in [1.29, 1.82) is 0 Å². The summed E-state index contributed by atoms with van der Waals surface area (Å²) in [4.78, 5) is 6.73. The average Bonchev–Trinajstić information content (AvgIpc) is 3.15. The number of methoxy groups -OCH3 is 1. The van der Waals surface area contributed by atoms with Crippen LogP contribution in [-0.2, 0) is 10.0 Å². The van der Waals surface area contributed by atoms with Gasteiger partial charge in [-0.25, -0.2) is 13.4 Å². The van der Waals surface area contributed by atoms with Gasteiger partial charge in [-0.1, -0.05) is 0 Å². The van der Waals surface area contributed by atoms with Crippen molar-refractivity contribution < 1.29 is 13.2 Å². The Morgan fingerprint density at radius 3 is 2.63 bits per heavy atom. The van der Waals surface area contributed by atoms with Crippen LogP contribution < -0.4 is 4.74 Å². The van der Waals surface area contributed by atoms with Crippen LogP contribution in [0.15, 0.2) is 41.6 Å². The van der Waals surface area contributed by atoms with Crippen LogP contribution in [0.1, 0.15) is 0 Å². The Morgan fingerprint density at radius 1 is 1.11 bits per heavy atom. The quantitative estimate of drug-likeness (QED) is 0.731. The van der Waals surface area contributed by atoms with Crippen molar-refractivity contribution in [1.82, 2.24) is 24.4 Å². The number of ether oxygens (including phenoxy) is 1. The van der Waals surface area contributed by atoms with Gasteiger partial charge in [-0.05, 0) is 31.3 Å². The molecule has 1 N–H and O–H groups in total. The maximum Gasteiger partial charge on any atom is 0.243 e. The average molecular weight is 387 g/mol. The second-order valence-electron chi connectivity index (χ2n) is 6.60. The van der Waals surface area contributed by atoms with E-state index in [0.29, 0.717) is 30.0 Å². The minimum Gasteiger partial charge on any atom is -0.496 e. The van der Waals surface area contributed by atoms with E-state index in [9.17, 15) is 8.42 Å². The number of aromatic amines is 1. The number of benzene rings is 1. The first-order valence-corrected chi connectivity index (χ1v) is 10.1. The third kappa shape index (κ3) is 3.29. The molecular weight excluding hydrogens is 366 g/mol. The van der Waals surface area contributed by atoms with Gasteiger partial charge < -0.3 is 9.64 Å². The molecule has 0 atom stereocenters. The van der Waals surface area contributed by atoms with E-state index in [1.165, 1.54) is 4.31 Å². The van der Waals surface area contributed by atoms with Crippen LogP contribution in [0, 0.1) is 0 Å². The molecule has 1 fully saturated rings. The van der Waals surface area contributed by atoms with Crippen LogP contribution in [-0.4, -0.2) is 73.1 Å². The number of fused-ring (bicyclic) bond motifs is 1. The molecule has 1 aromatic carbocycles. The molecule has 4 rings (SSSR count). The summed E-state index contributed by atoms with van der Waals surface area (Å²) in [5.41, 5.74) is 2.14. The Hall–Kier alpha value is -2.49. The highest BCUT2D eigenvalue weighted by molar-refractivity contribution is 7.89. The van der Waals surface area contributed by atoms with Gasteiger partial charge in [-0.2, -0.15) is 9.40 Å². The van der Waals surface area contributed by atoms with E-state index < -0.39 is 10.0 Å². The highest BCUT2D eigenvalue weighted by atomic mass is 32.2. The Labute approximate surface area is 157 Å². The van der Waals surface area contributed by atoms with Crippen LogP contribution in [0.4, 0.5) is 0 Å². The molecule has 0 amide bonds. The summed E-state index contributed by atoms with van der Waals surface area (Å²) in [5, 5.41) is 7.64. The van der Waals surface area contributed by atoms with E-state index in [2.05, 4.69) is 20.1 Å². The van der Waals surface area contributed by atoms with Gasteiger partial charge in [0.05, 0.1) is 18.2 Å². The molecule has 1 aliphatic heterocycles. The first kappa shape index (κ1) is 17.9. The number of piperazine rings is 1. The predicted molar refractivity (Wildman–Crippen MR) is 102 cm³/mol. The molecule has 2 aromatic heterocycles. The highest BCUT2D eigenvalue weighted by Gasteiger charge is 2.28. The van der Waals surface area contributed by atoms with Crippen LogP contribution in [0.3, 0.4) is 0 Å². The van der Waals surface area contributed by atoms with Gasteiger partial charge in [0, 0.05) is 48.9 Å². The Morgan fingerprint density at radius 2 is 1.89 bits per heavy atom. The zero-order valence-electron chi connectivity index (χ0n) is 15.2. The van der Waals surface area contributed by atoms with Gasteiger partial charge in [-0.3, -0.25) is 5.10 Å². The maximum atomic E-state index is 13.1. The second-order valence-corrected chi connectivity index (χ2v) is 8.54. The number of nitrogens with zero attached hydrogens (tertiary/aromatic N) is 4. The zero-order chi connectivity index (χ0) is 19.0. The van der Waals surface area contributed by atoms with E-state index in [1.807, 2.05) is 13.1 Å². The number of hydrogen-bond acceptors (Lipinski definition) is 6. The number of nitrogens with one attached hydrogen (secondary N) is 1. The molecule has 1 aliphatic rings. The lowest BCUT2D eigenvalue weighted by Gasteiger charge is -2.31. The molecule has 9 heteroatoms. The minimum atomic E-state index is -3.56. The standard InChI is InChI=1S/C18H21N5O3S/c1-22-5-7-23(8-6-22)27(24,25)15-3-4-17(26-2)16(10-15)13-9-14-12-20-21-18(14)19-11-13/h3-4,9-12H,5-8H2,1-2H3,(H,19,20,21). The van der Waals surface area contributed by atoms with Crippen LogP contribution in [0.25, 0.3) is 22.2 Å². The van der Waals surface area contributed by atoms with Crippen molar-refractivity contribution >= 4 is 21.1 Å². The third-order valence-electron chi connectivity index (χ3n) is 4.87. The molecule has 3 aromatic rings. The topological polar surface area (TPSA) is 91.4 Å². The summed E-state index contributed by atoms with van der Waals surface area (Å²) in [5.74, 6) is 0.594. The summed E-state index contributed by atoms with van der Waals surface area (Å²) < 4.78 is 33.2. The van der Waals surface area contributed by atoms with Crippen molar-refractivity contribution in [3.8, 4) is 16.9 Å². The molecule has 0 aliphatic carbocycles. The van der Waals surface area contributed by atoms with Gasteiger partial charge in [0.1, 0.15) is 5.75 Å². The minimum absolute atomic E-state index is 0.259. The fourth-order valence-electron chi connectivity index (χ4n) is 3.23. The number of rotatable bonds is 4. The zero-order valence-corrected chi connectivity index (χ0v) is 16.0. The number of hydrogen-bond donors (Lipinski definition) is 1. The Balaban J connectivity index is 1.76. The van der Waals surface area contributed by atoms with Gasteiger partial charge in [-0.15, -0.1) is 0 Å². The Kier molecular flexibility index (Phi) is 4.58. The lowest BCUT2D eigenvalue weighted by atomic mass is 10.1. The molecule has 0 saturated carbocycles. The molecule has 0 spiro atoms. The lowest BCUT2D eigenvalue weighted by molar-refractivity contribution is 0.222. The summed E-state index contributed by atoms with van der Waals surface area (Å²) in [6, 6.07) is 6.86. The second kappa shape index (κ2) is 6.91. The molecule has 3 heterocycles. The SMILES string of the molecule is COc1ccc(S(=O)(=O)N2CCN(C)CC2)cc1-c1cnc2[nH]ncc2c1. The van der Waals surface area contributed by atoms with Crippen molar-refractivity contribution in [3.05, 3.63) is 36.7 Å². The molecular formula is C18H21N5O3S. The predicted octanol–water partition coefficient (Wildman–Crippen LogP) is 1.57. The maximum absolute atomic E-state index is 13.1. The van der Waals surface area contributed by atoms with Gasteiger partial charge in [0.25, 0.3) is 0 Å². The van der Waals surface area contributed by atoms with Crippen molar-refractivity contribution in [2.45, 2.75) is 4.90 Å². The van der Waals surface area contributed by atoms with Gasteiger partial charge >= 0.3 is 0 Å². The van der Waals surface area contributed by atoms with Crippen molar-refractivity contribution in [3.63, 3.8) is 0 Å². The van der Waals surface area contributed by atoms with Crippen molar-refractivity contribution in [2.24, 2.45) is 0 Å². The smallest absolute Gasteiger partial charge is 0.243 e. The molecule has 1 saturated heterocycles. The fraction of sp³-hybridized carbons (Fsp3) is 0.333. The van der Waals surface area contributed by atoms with E-state index in [4.69, 9.17) is 4.74 Å². The fourth-order valence-corrected chi connectivity index (χ4v) is 4.68. The van der Waals surface area contributed by atoms with E-state index in [-0.39, 0.29) is 4.90 Å². The number of aromatic nitrogens is 3. The Bertz CT molecular complexity index is 1070. The van der Waals surface area contributed by atoms with Gasteiger partial charge in [0.2, 0.25) is 10.0 Å². The van der Waals surface area contributed by atoms with Crippen LogP contribution >= 0.6 is 0 Å². The van der Waals surface area contributed by atoms with Crippen molar-refractivity contribution in [2.75, 3.05) is 40.3 Å². The van der Waals surface area contributed by atoms with Gasteiger partial charge in [0.15, 0.2) is 5.65 Å². The van der Waals surface area contributed by atoms with E-state index in [1.54, 1.807) is 37.7 Å². The normalized spacial score (nSPS) is 16.7. The number of likely N-dealkylation sites (N-methyl/N-ethyl adjacent to an activating group) is 1. The number of sulfonamides is 1. The summed E-state index contributed by atoms with van der Waals surface area (Å²) in [6.07, 6.45) is 3.37. The molecule has 0 radical (unpaired) electrons. The molecule has 0 bridgehead atoms. The number of H-pyrrole nitrogens is 1. The molecule has 142 valence electrons. The summed E-state index contributed by atoms with van der Waals surface area (Å²) in [6.45, 7) is 2.43. The van der Waals surface area contributed by atoms with E-state index >= 15 is 0 Å². The summed E-state index contributed by atoms with van der Waals surface area (Å²) in [7, 11) is 0.000832. The molecule has 8 nitrogen and oxygen atoms in total. The summed E-state index contributed by atoms with van der Waals surface area (Å²) >= 11 is 0. The largest absolute Gasteiger partial charge is 0.496 e. The first-order chi connectivity index (χ1) is 13.0. The highest BCUT2D eigenvalue weighted by Crippen LogP contribution is 2.34. The monoisotopic (exact) mass is 387 g/mol. The first-order valence-electron chi connectivity index (χ1n) is 8.65. The van der Waals surface area contributed by atoms with Crippen LogP contribution in [0.2, 0.25) is 0 Å². The molecule has 27 heavy (non-hydrogen) atoms. The third-order valence-corrected chi connectivity index (χ3v) is 6.77. The molecule has 0 unspecified atom stereocenters. The van der Waals surface area contributed by atoms with E-state index in [0.717, 1.165) is 24.0 Å².